The SMILES string of the molecule is Cl.Cl.FC(F)(F)c1cccc(N2CCN(CCCCCOc3ccc4c(c3)CCC4)CC2)c1. The highest BCUT2D eigenvalue weighted by atomic mass is 35.5. The number of nitrogens with zero attached hydrogens (tertiary/aromatic N) is 2. The summed E-state index contributed by atoms with van der Waals surface area (Å²) in [5.74, 6) is 0.992. The van der Waals surface area contributed by atoms with E-state index < -0.39 is 11.7 Å². The highest BCUT2D eigenvalue weighted by Crippen LogP contribution is 2.32. The molecular formula is C25H33Cl2F3N2O. The first-order valence-electron chi connectivity index (χ1n) is 11.4. The van der Waals surface area contributed by atoms with Gasteiger partial charge in [-0.3, -0.25) is 4.90 Å². The fourth-order valence-corrected chi connectivity index (χ4v) is 4.55. The molecule has 1 aliphatic carbocycles. The van der Waals surface area contributed by atoms with Crippen LogP contribution in [0.3, 0.4) is 0 Å². The Morgan fingerprint density at radius 3 is 2.33 bits per heavy atom. The van der Waals surface area contributed by atoms with Crippen LogP contribution in [0.15, 0.2) is 42.5 Å². The standard InChI is InChI=1S/C25H31F3N2O.2ClH/c26-25(27,28)22-8-5-9-23(19-22)30-15-13-29(14-16-30)12-2-1-3-17-31-24-11-10-20-6-4-7-21(20)18-24;;/h5,8-11,18-19H,1-4,6-7,12-17H2;2*1H. The topological polar surface area (TPSA) is 15.7 Å². The van der Waals surface area contributed by atoms with E-state index in [1.807, 2.05) is 0 Å². The second-order valence-corrected chi connectivity index (χ2v) is 8.57. The first-order valence-corrected chi connectivity index (χ1v) is 11.4. The summed E-state index contributed by atoms with van der Waals surface area (Å²) < 4.78 is 44.7. The lowest BCUT2D eigenvalue weighted by Gasteiger charge is -2.36. The summed E-state index contributed by atoms with van der Waals surface area (Å²) >= 11 is 0. The number of unbranched alkanes of at least 4 members (excludes halogenated alkanes) is 2. The lowest BCUT2D eigenvalue weighted by atomic mass is 10.1. The summed E-state index contributed by atoms with van der Waals surface area (Å²) in [4.78, 5) is 4.46. The second kappa shape index (κ2) is 12.7. The van der Waals surface area contributed by atoms with Crippen LogP contribution in [-0.2, 0) is 19.0 Å². The first-order chi connectivity index (χ1) is 15.0. The van der Waals surface area contributed by atoms with E-state index in [-0.39, 0.29) is 24.8 Å². The van der Waals surface area contributed by atoms with Crippen molar-refractivity contribution >= 4 is 30.5 Å². The molecule has 1 saturated heterocycles. The number of fused-ring (bicyclic) bond motifs is 1. The van der Waals surface area contributed by atoms with E-state index in [9.17, 15) is 13.2 Å². The van der Waals surface area contributed by atoms with Gasteiger partial charge in [-0.1, -0.05) is 12.1 Å². The molecule has 33 heavy (non-hydrogen) atoms. The van der Waals surface area contributed by atoms with Crippen molar-refractivity contribution in [2.75, 3.05) is 44.2 Å². The number of alkyl halides is 3. The van der Waals surface area contributed by atoms with Gasteiger partial charge in [0.25, 0.3) is 0 Å². The molecule has 0 radical (unpaired) electrons. The van der Waals surface area contributed by atoms with Crippen LogP contribution >= 0.6 is 24.8 Å². The Bertz CT molecular complexity index is 871. The average Bonchev–Trinajstić information content (AvgIpc) is 3.24. The number of piperazine rings is 1. The second-order valence-electron chi connectivity index (χ2n) is 8.57. The van der Waals surface area contributed by atoms with Gasteiger partial charge < -0.3 is 9.64 Å². The van der Waals surface area contributed by atoms with Crippen molar-refractivity contribution in [3.8, 4) is 5.75 Å². The molecule has 0 saturated carbocycles. The minimum atomic E-state index is -4.29. The Labute approximate surface area is 207 Å². The molecule has 0 aromatic heterocycles. The maximum absolute atomic E-state index is 12.9. The van der Waals surface area contributed by atoms with Gasteiger partial charge in [0.1, 0.15) is 5.75 Å². The van der Waals surface area contributed by atoms with E-state index in [1.54, 1.807) is 6.07 Å². The molecule has 2 aromatic carbocycles. The van der Waals surface area contributed by atoms with Crippen LogP contribution in [0.4, 0.5) is 18.9 Å². The lowest BCUT2D eigenvalue weighted by molar-refractivity contribution is -0.137. The molecule has 1 fully saturated rings. The summed E-state index contributed by atoms with van der Waals surface area (Å²) in [5.41, 5.74) is 3.01. The number of ether oxygens (including phenoxy) is 1. The van der Waals surface area contributed by atoms with Gasteiger partial charge in [0.15, 0.2) is 0 Å². The zero-order chi connectivity index (χ0) is 21.7. The van der Waals surface area contributed by atoms with E-state index in [0.717, 1.165) is 70.4 Å². The monoisotopic (exact) mass is 504 g/mol. The van der Waals surface area contributed by atoms with Crippen molar-refractivity contribution in [2.24, 2.45) is 0 Å². The van der Waals surface area contributed by atoms with E-state index in [0.29, 0.717) is 5.69 Å². The van der Waals surface area contributed by atoms with Gasteiger partial charge in [0.05, 0.1) is 12.2 Å². The molecule has 3 nitrogen and oxygen atoms in total. The number of rotatable bonds is 8. The molecule has 8 heteroatoms. The third-order valence-electron chi connectivity index (χ3n) is 6.37. The van der Waals surface area contributed by atoms with E-state index in [1.165, 1.54) is 42.5 Å². The van der Waals surface area contributed by atoms with Gasteiger partial charge in [-0.25, -0.2) is 0 Å². The molecular weight excluding hydrogens is 472 g/mol. The molecule has 0 N–H and O–H groups in total. The fraction of sp³-hybridized carbons (Fsp3) is 0.520. The highest BCUT2D eigenvalue weighted by molar-refractivity contribution is 5.85. The Morgan fingerprint density at radius 1 is 0.818 bits per heavy atom. The number of aryl methyl sites for hydroxylation is 2. The number of hydrogen-bond donors (Lipinski definition) is 0. The van der Waals surface area contributed by atoms with Crippen molar-refractivity contribution in [1.82, 2.24) is 4.90 Å². The Hall–Kier alpha value is -1.63. The van der Waals surface area contributed by atoms with Crippen molar-refractivity contribution in [1.29, 1.82) is 0 Å². The fourth-order valence-electron chi connectivity index (χ4n) is 4.55. The van der Waals surface area contributed by atoms with Gasteiger partial charge in [0, 0.05) is 31.9 Å². The summed E-state index contributed by atoms with van der Waals surface area (Å²) in [7, 11) is 0. The summed E-state index contributed by atoms with van der Waals surface area (Å²) in [5, 5.41) is 0. The number of halogens is 5. The van der Waals surface area contributed by atoms with Gasteiger partial charge >= 0.3 is 6.18 Å². The lowest BCUT2D eigenvalue weighted by Crippen LogP contribution is -2.46. The van der Waals surface area contributed by atoms with Gasteiger partial charge in [-0.05, 0) is 86.5 Å². The Kier molecular flexibility index (Phi) is 10.6. The van der Waals surface area contributed by atoms with Crippen LogP contribution in [0.1, 0.15) is 42.4 Å². The molecule has 0 bridgehead atoms. The minimum Gasteiger partial charge on any atom is -0.494 e. The van der Waals surface area contributed by atoms with Gasteiger partial charge in [-0.15, -0.1) is 24.8 Å². The molecule has 2 aliphatic rings. The van der Waals surface area contributed by atoms with Crippen LogP contribution in [0, 0.1) is 0 Å². The van der Waals surface area contributed by atoms with Gasteiger partial charge in [-0.2, -0.15) is 13.2 Å². The third kappa shape index (κ3) is 7.69. The summed E-state index contributed by atoms with van der Waals surface area (Å²) in [6.45, 7) is 5.10. The van der Waals surface area contributed by atoms with Crippen LogP contribution in [-0.4, -0.2) is 44.2 Å². The maximum Gasteiger partial charge on any atom is 0.416 e. The normalized spacial score (nSPS) is 16.0. The van der Waals surface area contributed by atoms with Crippen molar-refractivity contribution < 1.29 is 17.9 Å². The smallest absolute Gasteiger partial charge is 0.416 e. The minimum absolute atomic E-state index is 0. The van der Waals surface area contributed by atoms with E-state index >= 15 is 0 Å². The van der Waals surface area contributed by atoms with E-state index in [2.05, 4.69) is 28.0 Å². The maximum atomic E-state index is 12.9. The van der Waals surface area contributed by atoms with Gasteiger partial charge in [0.2, 0.25) is 0 Å². The molecule has 0 spiro atoms. The van der Waals surface area contributed by atoms with Crippen molar-refractivity contribution in [3.63, 3.8) is 0 Å². The van der Waals surface area contributed by atoms with E-state index in [4.69, 9.17) is 4.74 Å². The molecule has 0 unspecified atom stereocenters. The first kappa shape index (κ1) is 27.6. The van der Waals surface area contributed by atoms with Crippen molar-refractivity contribution in [3.05, 3.63) is 59.2 Å². The predicted octanol–water partition coefficient (Wildman–Crippen LogP) is 6.41. The van der Waals surface area contributed by atoms with Crippen LogP contribution in [0.25, 0.3) is 0 Å². The molecule has 1 aliphatic heterocycles. The molecule has 1 heterocycles. The third-order valence-corrected chi connectivity index (χ3v) is 6.37. The van der Waals surface area contributed by atoms with Crippen molar-refractivity contribution in [2.45, 2.75) is 44.7 Å². The van der Waals surface area contributed by atoms with Crippen LogP contribution < -0.4 is 9.64 Å². The van der Waals surface area contributed by atoms with Crippen LogP contribution in [0.2, 0.25) is 0 Å². The molecule has 0 atom stereocenters. The highest BCUT2D eigenvalue weighted by Gasteiger charge is 2.31. The quantitative estimate of drug-likeness (QED) is 0.386. The van der Waals surface area contributed by atoms with Crippen LogP contribution in [0.5, 0.6) is 5.75 Å². The number of hydrogen-bond acceptors (Lipinski definition) is 3. The largest absolute Gasteiger partial charge is 0.494 e. The number of anilines is 1. The zero-order valence-electron chi connectivity index (χ0n) is 18.8. The summed E-state index contributed by atoms with van der Waals surface area (Å²) in [6.07, 6.45) is 2.63. The molecule has 0 amide bonds. The Morgan fingerprint density at radius 2 is 1.58 bits per heavy atom. The molecule has 2 aromatic rings. The molecule has 4 rings (SSSR count). The summed E-state index contributed by atoms with van der Waals surface area (Å²) in [6, 6.07) is 12.2. The Balaban J connectivity index is 0.00000193. The average molecular weight is 505 g/mol. The zero-order valence-corrected chi connectivity index (χ0v) is 20.4. The predicted molar refractivity (Wildman–Crippen MR) is 132 cm³/mol. The number of benzene rings is 2. The molecule has 184 valence electrons.